The molecule has 3 heteroatoms. The molecule has 1 heterocycles. The minimum atomic E-state index is 0.308. The van der Waals surface area contributed by atoms with Crippen molar-refractivity contribution in [1.29, 1.82) is 0 Å². The van der Waals surface area contributed by atoms with Crippen LogP contribution in [0.4, 0.5) is 0 Å². The Labute approximate surface area is 89.5 Å². The number of nitrogens with zero attached hydrogens (tertiary/aromatic N) is 1. The zero-order valence-corrected chi connectivity index (χ0v) is 9.37. The van der Waals surface area contributed by atoms with Crippen LogP contribution in [0, 0.1) is 6.92 Å². The quantitative estimate of drug-likeness (QED) is 0.834. The molecule has 0 spiro atoms. The average Bonchev–Trinajstić information content (AvgIpc) is 2.60. The van der Waals surface area contributed by atoms with Crippen molar-refractivity contribution in [3.63, 3.8) is 0 Å². The molecule has 0 saturated heterocycles. The first-order chi connectivity index (χ1) is 7.20. The van der Waals surface area contributed by atoms with E-state index in [1.165, 1.54) is 5.56 Å². The van der Waals surface area contributed by atoms with E-state index in [4.69, 9.17) is 4.74 Å². The molecule has 3 nitrogen and oxygen atoms in total. The fraction of sp³-hybridized carbons (Fsp3) is 0.417. The van der Waals surface area contributed by atoms with Crippen molar-refractivity contribution in [2.45, 2.75) is 19.8 Å². The van der Waals surface area contributed by atoms with Crippen LogP contribution in [0.2, 0.25) is 0 Å². The maximum Gasteiger partial charge on any atom is 0.112 e. The number of imidazole rings is 1. The van der Waals surface area contributed by atoms with E-state index in [-0.39, 0.29) is 0 Å². The predicted octanol–water partition coefficient (Wildman–Crippen LogP) is 2.62. The standard InChI is InChI=1S/C12H16N2O/c1-8-4-5-10-11(6-8)14-12(13-10)9(2)7-15-3/h4-6,9H,7H2,1-3H3,(H,13,14)/t9-/m0/s1. The maximum absolute atomic E-state index is 5.12. The summed E-state index contributed by atoms with van der Waals surface area (Å²) < 4.78 is 5.12. The second-order valence-electron chi connectivity index (χ2n) is 4.00. The first kappa shape index (κ1) is 10.2. The summed E-state index contributed by atoms with van der Waals surface area (Å²) in [6.45, 7) is 4.88. The molecule has 2 aromatic rings. The first-order valence-electron chi connectivity index (χ1n) is 5.16. The topological polar surface area (TPSA) is 37.9 Å². The van der Waals surface area contributed by atoms with Gasteiger partial charge in [-0.3, -0.25) is 0 Å². The zero-order valence-electron chi connectivity index (χ0n) is 9.37. The molecule has 2 rings (SSSR count). The Morgan fingerprint density at radius 3 is 3.00 bits per heavy atom. The van der Waals surface area contributed by atoms with Crippen molar-refractivity contribution in [3.8, 4) is 0 Å². The predicted molar refractivity (Wildman–Crippen MR) is 61.1 cm³/mol. The Morgan fingerprint density at radius 1 is 1.47 bits per heavy atom. The molecule has 1 atom stereocenters. The highest BCUT2D eigenvalue weighted by Gasteiger charge is 2.10. The van der Waals surface area contributed by atoms with E-state index >= 15 is 0 Å². The van der Waals surface area contributed by atoms with Crippen LogP contribution in [0.5, 0.6) is 0 Å². The third-order valence-electron chi connectivity index (χ3n) is 2.54. The highest BCUT2D eigenvalue weighted by molar-refractivity contribution is 5.75. The van der Waals surface area contributed by atoms with E-state index in [0.717, 1.165) is 16.9 Å². The van der Waals surface area contributed by atoms with Crippen molar-refractivity contribution < 1.29 is 4.74 Å². The highest BCUT2D eigenvalue weighted by Crippen LogP contribution is 2.18. The summed E-state index contributed by atoms with van der Waals surface area (Å²) in [5, 5.41) is 0. The lowest BCUT2D eigenvalue weighted by atomic mass is 10.2. The van der Waals surface area contributed by atoms with E-state index in [1.54, 1.807) is 7.11 Å². The number of nitrogens with one attached hydrogen (secondary N) is 1. The lowest BCUT2D eigenvalue weighted by Gasteiger charge is -2.05. The van der Waals surface area contributed by atoms with Gasteiger partial charge in [-0.15, -0.1) is 0 Å². The molecule has 0 aliphatic rings. The molecular formula is C12H16N2O. The summed E-state index contributed by atoms with van der Waals surface area (Å²) in [7, 11) is 1.71. The summed E-state index contributed by atoms with van der Waals surface area (Å²) in [4.78, 5) is 7.87. The maximum atomic E-state index is 5.12. The fourth-order valence-electron chi connectivity index (χ4n) is 1.71. The Bertz CT molecular complexity index is 462. The molecule has 0 radical (unpaired) electrons. The molecule has 1 N–H and O–H groups in total. The SMILES string of the molecule is COC[C@H](C)c1nc2ccc(C)cc2[nH]1. The lowest BCUT2D eigenvalue weighted by Crippen LogP contribution is -2.03. The van der Waals surface area contributed by atoms with Crippen molar-refractivity contribution in [2.75, 3.05) is 13.7 Å². The van der Waals surface area contributed by atoms with Gasteiger partial charge >= 0.3 is 0 Å². The zero-order chi connectivity index (χ0) is 10.8. The number of ether oxygens (including phenoxy) is 1. The normalized spacial score (nSPS) is 13.3. The Morgan fingerprint density at radius 2 is 2.27 bits per heavy atom. The minimum Gasteiger partial charge on any atom is -0.384 e. The largest absolute Gasteiger partial charge is 0.384 e. The summed E-state index contributed by atoms with van der Waals surface area (Å²) in [5.41, 5.74) is 3.38. The molecule has 0 unspecified atom stereocenters. The van der Waals surface area contributed by atoms with Gasteiger partial charge in [0.2, 0.25) is 0 Å². The van der Waals surface area contributed by atoms with E-state index in [1.807, 2.05) is 6.07 Å². The van der Waals surface area contributed by atoms with Crippen molar-refractivity contribution in [2.24, 2.45) is 0 Å². The summed E-state index contributed by atoms with van der Waals surface area (Å²) in [6.07, 6.45) is 0. The third kappa shape index (κ3) is 2.02. The molecule has 0 bridgehead atoms. The van der Waals surface area contributed by atoms with Gasteiger partial charge < -0.3 is 9.72 Å². The van der Waals surface area contributed by atoms with Gasteiger partial charge in [0, 0.05) is 13.0 Å². The van der Waals surface area contributed by atoms with Gasteiger partial charge in [-0.2, -0.15) is 0 Å². The van der Waals surface area contributed by atoms with Crippen LogP contribution in [-0.4, -0.2) is 23.7 Å². The molecule has 1 aromatic heterocycles. The van der Waals surface area contributed by atoms with Gasteiger partial charge in [-0.25, -0.2) is 4.98 Å². The van der Waals surface area contributed by atoms with Crippen LogP contribution >= 0.6 is 0 Å². The molecule has 0 aliphatic carbocycles. The number of fused-ring (bicyclic) bond motifs is 1. The smallest absolute Gasteiger partial charge is 0.112 e. The molecule has 1 aromatic carbocycles. The van der Waals surface area contributed by atoms with E-state index in [9.17, 15) is 0 Å². The Hall–Kier alpha value is -1.35. The number of hydrogen-bond acceptors (Lipinski definition) is 2. The number of rotatable bonds is 3. The second-order valence-corrected chi connectivity index (χ2v) is 4.00. The number of aromatic nitrogens is 2. The van der Waals surface area contributed by atoms with Gasteiger partial charge in [-0.05, 0) is 24.6 Å². The van der Waals surface area contributed by atoms with E-state index < -0.39 is 0 Å². The van der Waals surface area contributed by atoms with Crippen molar-refractivity contribution in [3.05, 3.63) is 29.6 Å². The number of H-pyrrole nitrogens is 1. The molecule has 0 aliphatic heterocycles. The monoisotopic (exact) mass is 204 g/mol. The van der Waals surface area contributed by atoms with Crippen LogP contribution in [0.15, 0.2) is 18.2 Å². The van der Waals surface area contributed by atoms with Gasteiger partial charge in [0.25, 0.3) is 0 Å². The van der Waals surface area contributed by atoms with Crippen LogP contribution < -0.4 is 0 Å². The Kier molecular flexibility index (Phi) is 2.73. The Balaban J connectivity index is 2.38. The molecule has 15 heavy (non-hydrogen) atoms. The van der Waals surface area contributed by atoms with Crippen LogP contribution in [-0.2, 0) is 4.74 Å². The first-order valence-corrected chi connectivity index (χ1v) is 5.16. The third-order valence-corrected chi connectivity index (χ3v) is 2.54. The molecule has 0 saturated carbocycles. The molecule has 0 amide bonds. The van der Waals surface area contributed by atoms with Gasteiger partial charge in [-0.1, -0.05) is 13.0 Å². The number of aromatic amines is 1. The van der Waals surface area contributed by atoms with E-state index in [0.29, 0.717) is 12.5 Å². The number of methoxy groups -OCH3 is 1. The fourth-order valence-corrected chi connectivity index (χ4v) is 1.71. The van der Waals surface area contributed by atoms with E-state index in [2.05, 4.69) is 35.9 Å². The summed E-state index contributed by atoms with van der Waals surface area (Å²) in [5.74, 6) is 1.31. The number of benzene rings is 1. The minimum absolute atomic E-state index is 0.308. The molecule has 80 valence electrons. The summed E-state index contributed by atoms with van der Waals surface area (Å²) >= 11 is 0. The van der Waals surface area contributed by atoms with Crippen LogP contribution in [0.25, 0.3) is 11.0 Å². The van der Waals surface area contributed by atoms with Crippen LogP contribution in [0.1, 0.15) is 24.2 Å². The van der Waals surface area contributed by atoms with Gasteiger partial charge in [0.15, 0.2) is 0 Å². The summed E-state index contributed by atoms with van der Waals surface area (Å²) in [6, 6.07) is 6.24. The van der Waals surface area contributed by atoms with Gasteiger partial charge in [0.05, 0.1) is 17.6 Å². The molecular weight excluding hydrogens is 188 g/mol. The number of aryl methyl sites for hydroxylation is 1. The highest BCUT2D eigenvalue weighted by atomic mass is 16.5. The van der Waals surface area contributed by atoms with Crippen molar-refractivity contribution in [1.82, 2.24) is 9.97 Å². The number of hydrogen-bond donors (Lipinski definition) is 1. The lowest BCUT2D eigenvalue weighted by molar-refractivity contribution is 0.182. The van der Waals surface area contributed by atoms with Crippen molar-refractivity contribution >= 4 is 11.0 Å². The molecule has 0 fully saturated rings. The van der Waals surface area contributed by atoms with Gasteiger partial charge in [0.1, 0.15) is 5.82 Å². The average molecular weight is 204 g/mol. The van der Waals surface area contributed by atoms with Crippen LogP contribution in [0.3, 0.4) is 0 Å². The second kappa shape index (κ2) is 4.03.